The molecule has 19 heavy (non-hydrogen) atoms. The number of carbonyl (C=O) groups is 1. The molecule has 0 amide bonds. The van der Waals surface area contributed by atoms with Gasteiger partial charge in [-0.1, -0.05) is 35.9 Å². The first kappa shape index (κ1) is 13.4. The van der Waals surface area contributed by atoms with Crippen LogP contribution >= 0.6 is 11.6 Å². The number of esters is 1. The molecular weight excluding hydrogens is 264 g/mol. The average molecular weight is 277 g/mol. The second-order valence-electron chi connectivity index (χ2n) is 4.12. The minimum atomic E-state index is -0.497. The molecule has 0 saturated carbocycles. The Morgan fingerprint density at radius 3 is 2.63 bits per heavy atom. The Morgan fingerprint density at radius 2 is 1.95 bits per heavy atom. The van der Waals surface area contributed by atoms with Crippen molar-refractivity contribution >= 4 is 17.6 Å². The summed E-state index contributed by atoms with van der Waals surface area (Å²) < 4.78 is 5.32. The quantitative estimate of drug-likeness (QED) is 0.863. The normalized spacial score (nSPS) is 11.9. The molecule has 0 aromatic heterocycles. The minimum absolute atomic E-state index is 0.0276. The second-order valence-corrected chi connectivity index (χ2v) is 4.53. The van der Waals surface area contributed by atoms with Crippen LogP contribution in [0.2, 0.25) is 5.02 Å². The maximum Gasteiger partial charge on any atom is 0.338 e. The van der Waals surface area contributed by atoms with E-state index in [0.29, 0.717) is 10.6 Å². The molecule has 4 heteroatoms. The van der Waals surface area contributed by atoms with Gasteiger partial charge < -0.3 is 9.84 Å². The van der Waals surface area contributed by atoms with E-state index >= 15 is 0 Å². The number of hydrogen-bond donors (Lipinski definition) is 1. The van der Waals surface area contributed by atoms with E-state index in [4.69, 9.17) is 16.3 Å². The fourth-order valence-corrected chi connectivity index (χ4v) is 2.02. The number of halogens is 1. The van der Waals surface area contributed by atoms with E-state index in [0.717, 1.165) is 5.56 Å². The zero-order valence-electron chi connectivity index (χ0n) is 10.3. The molecule has 0 aliphatic heterocycles. The summed E-state index contributed by atoms with van der Waals surface area (Å²) >= 11 is 6.04. The van der Waals surface area contributed by atoms with E-state index < -0.39 is 12.1 Å². The molecule has 1 atom stereocenters. The summed E-state index contributed by atoms with van der Waals surface area (Å²) in [5.74, 6) is -0.469. The van der Waals surface area contributed by atoms with Gasteiger partial charge in [-0.2, -0.15) is 0 Å². The van der Waals surface area contributed by atoms with Crippen LogP contribution in [0.3, 0.4) is 0 Å². The first-order valence-corrected chi connectivity index (χ1v) is 6.20. The van der Waals surface area contributed by atoms with E-state index in [-0.39, 0.29) is 5.75 Å². The van der Waals surface area contributed by atoms with Gasteiger partial charge in [0.25, 0.3) is 0 Å². The van der Waals surface area contributed by atoms with Gasteiger partial charge in [0.05, 0.1) is 5.56 Å². The van der Waals surface area contributed by atoms with Crippen molar-refractivity contribution in [2.45, 2.75) is 13.0 Å². The predicted molar refractivity (Wildman–Crippen MR) is 73.4 cm³/mol. The van der Waals surface area contributed by atoms with Crippen LogP contribution in [0.15, 0.2) is 48.5 Å². The smallest absolute Gasteiger partial charge is 0.338 e. The van der Waals surface area contributed by atoms with Gasteiger partial charge in [0.1, 0.15) is 11.9 Å². The standard InChI is InChI=1S/C15H13ClO3/c1-10(13-7-2-3-8-14(13)16)19-15(18)11-5-4-6-12(17)9-11/h2-10,17H,1H3/t10-/m0/s1. The number of phenolic OH excluding ortho intramolecular Hbond substituents is 1. The molecule has 0 saturated heterocycles. The Morgan fingerprint density at radius 1 is 1.21 bits per heavy atom. The first-order valence-electron chi connectivity index (χ1n) is 5.82. The molecule has 0 bridgehead atoms. The third kappa shape index (κ3) is 3.26. The van der Waals surface area contributed by atoms with Crippen LogP contribution in [0, 0.1) is 0 Å². The van der Waals surface area contributed by atoms with Crippen molar-refractivity contribution in [2.75, 3.05) is 0 Å². The monoisotopic (exact) mass is 276 g/mol. The summed E-state index contributed by atoms with van der Waals surface area (Å²) in [4.78, 5) is 11.9. The summed E-state index contributed by atoms with van der Waals surface area (Å²) in [5, 5.41) is 9.88. The number of rotatable bonds is 3. The number of carbonyl (C=O) groups excluding carboxylic acids is 1. The van der Waals surface area contributed by atoms with Crippen molar-refractivity contribution < 1.29 is 14.6 Å². The molecule has 0 unspecified atom stereocenters. The molecule has 0 spiro atoms. The fourth-order valence-electron chi connectivity index (χ4n) is 1.73. The van der Waals surface area contributed by atoms with E-state index in [1.165, 1.54) is 12.1 Å². The molecule has 98 valence electrons. The molecule has 0 heterocycles. The first-order chi connectivity index (χ1) is 9.08. The lowest BCUT2D eigenvalue weighted by molar-refractivity contribution is 0.0337. The van der Waals surface area contributed by atoms with Crippen LogP contribution in [-0.4, -0.2) is 11.1 Å². The highest BCUT2D eigenvalue weighted by atomic mass is 35.5. The highest BCUT2D eigenvalue weighted by Gasteiger charge is 2.15. The summed E-state index contributed by atoms with van der Waals surface area (Å²) in [6.07, 6.45) is -0.455. The topological polar surface area (TPSA) is 46.5 Å². The lowest BCUT2D eigenvalue weighted by atomic mass is 10.1. The third-order valence-electron chi connectivity index (χ3n) is 2.71. The molecule has 0 fully saturated rings. The molecule has 1 N–H and O–H groups in total. The molecule has 3 nitrogen and oxygen atoms in total. The fraction of sp³-hybridized carbons (Fsp3) is 0.133. The third-order valence-corrected chi connectivity index (χ3v) is 3.05. The highest BCUT2D eigenvalue weighted by molar-refractivity contribution is 6.31. The van der Waals surface area contributed by atoms with E-state index in [1.807, 2.05) is 18.2 Å². The van der Waals surface area contributed by atoms with Gasteiger partial charge in [-0.3, -0.25) is 0 Å². The van der Waals surface area contributed by atoms with Crippen molar-refractivity contribution in [2.24, 2.45) is 0 Å². The van der Waals surface area contributed by atoms with Crippen molar-refractivity contribution in [3.05, 3.63) is 64.7 Å². The Bertz CT molecular complexity index is 595. The van der Waals surface area contributed by atoms with Crippen LogP contribution in [0.25, 0.3) is 0 Å². The molecule has 0 aliphatic carbocycles. The SMILES string of the molecule is C[C@H](OC(=O)c1cccc(O)c1)c1ccccc1Cl. The summed E-state index contributed by atoms with van der Waals surface area (Å²) in [6.45, 7) is 1.75. The Hall–Kier alpha value is -2.00. The van der Waals surface area contributed by atoms with Gasteiger partial charge in [0, 0.05) is 10.6 Å². The van der Waals surface area contributed by atoms with E-state index in [2.05, 4.69) is 0 Å². The van der Waals surface area contributed by atoms with Crippen molar-refractivity contribution in [1.82, 2.24) is 0 Å². The van der Waals surface area contributed by atoms with Crippen molar-refractivity contribution in [3.63, 3.8) is 0 Å². The molecule has 0 aliphatic rings. The van der Waals surface area contributed by atoms with Gasteiger partial charge in [0.15, 0.2) is 0 Å². The zero-order valence-corrected chi connectivity index (χ0v) is 11.1. The molecule has 2 aromatic carbocycles. The number of ether oxygens (including phenoxy) is 1. The number of benzene rings is 2. The average Bonchev–Trinajstić information content (AvgIpc) is 2.39. The lowest BCUT2D eigenvalue weighted by Gasteiger charge is -2.15. The maximum absolute atomic E-state index is 11.9. The van der Waals surface area contributed by atoms with Gasteiger partial charge in [-0.05, 0) is 31.2 Å². The Kier molecular flexibility index (Phi) is 4.07. The minimum Gasteiger partial charge on any atom is -0.508 e. The lowest BCUT2D eigenvalue weighted by Crippen LogP contribution is -2.09. The van der Waals surface area contributed by atoms with Gasteiger partial charge >= 0.3 is 5.97 Å². The van der Waals surface area contributed by atoms with Crippen LogP contribution in [0.4, 0.5) is 0 Å². The molecule has 0 radical (unpaired) electrons. The highest BCUT2D eigenvalue weighted by Crippen LogP contribution is 2.26. The number of aromatic hydroxyl groups is 1. The number of phenols is 1. The molecule has 2 rings (SSSR count). The Balaban J connectivity index is 2.13. The van der Waals surface area contributed by atoms with Crippen LogP contribution in [0.5, 0.6) is 5.75 Å². The predicted octanol–water partition coefficient (Wildman–Crippen LogP) is 3.96. The van der Waals surface area contributed by atoms with Crippen LogP contribution in [-0.2, 0) is 4.74 Å². The zero-order chi connectivity index (χ0) is 13.8. The Labute approximate surface area is 116 Å². The maximum atomic E-state index is 11.9. The van der Waals surface area contributed by atoms with Gasteiger partial charge in [0.2, 0.25) is 0 Å². The molecule has 2 aromatic rings. The second kappa shape index (κ2) is 5.76. The summed E-state index contributed by atoms with van der Waals surface area (Å²) in [6, 6.07) is 13.2. The van der Waals surface area contributed by atoms with Gasteiger partial charge in [-0.15, -0.1) is 0 Å². The molecular formula is C15H13ClO3. The van der Waals surface area contributed by atoms with E-state index in [9.17, 15) is 9.90 Å². The summed E-state index contributed by atoms with van der Waals surface area (Å²) in [7, 11) is 0. The van der Waals surface area contributed by atoms with Crippen molar-refractivity contribution in [1.29, 1.82) is 0 Å². The number of hydrogen-bond acceptors (Lipinski definition) is 3. The largest absolute Gasteiger partial charge is 0.508 e. The van der Waals surface area contributed by atoms with E-state index in [1.54, 1.807) is 25.1 Å². The summed E-state index contributed by atoms with van der Waals surface area (Å²) in [5.41, 5.74) is 1.05. The van der Waals surface area contributed by atoms with Crippen LogP contribution < -0.4 is 0 Å². The van der Waals surface area contributed by atoms with Gasteiger partial charge in [-0.25, -0.2) is 4.79 Å². The van der Waals surface area contributed by atoms with Crippen LogP contribution in [0.1, 0.15) is 28.9 Å². The van der Waals surface area contributed by atoms with Crippen molar-refractivity contribution in [3.8, 4) is 5.75 Å².